The van der Waals surface area contributed by atoms with E-state index in [4.69, 9.17) is 19.7 Å². The van der Waals surface area contributed by atoms with Gasteiger partial charge in [-0.2, -0.15) is 9.97 Å². The van der Waals surface area contributed by atoms with Crippen molar-refractivity contribution in [2.45, 2.75) is 25.8 Å². The molecule has 4 aromatic rings. The SMILES string of the molecule is C=CC(=O)N1CCN(c2nc(OC[C@@H]3CCCN3C)nc3nc(-c4cccc5cccc(C)c45)n(C)c23)CC1. The zero-order valence-corrected chi connectivity index (χ0v) is 22.9. The molecule has 0 radical (unpaired) electrons. The maximum absolute atomic E-state index is 12.2. The first-order valence-corrected chi connectivity index (χ1v) is 13.7. The summed E-state index contributed by atoms with van der Waals surface area (Å²) >= 11 is 0. The van der Waals surface area contributed by atoms with E-state index in [2.05, 4.69) is 71.3 Å². The predicted octanol–water partition coefficient (Wildman–Crippen LogP) is 3.80. The minimum Gasteiger partial charge on any atom is -0.462 e. The number of fused-ring (bicyclic) bond motifs is 2. The summed E-state index contributed by atoms with van der Waals surface area (Å²) in [7, 11) is 4.16. The van der Waals surface area contributed by atoms with Gasteiger partial charge in [-0.3, -0.25) is 4.79 Å². The number of carbonyl (C=O) groups excluding carboxylic acids is 1. The topological polar surface area (TPSA) is 79.6 Å². The molecule has 0 saturated carbocycles. The van der Waals surface area contributed by atoms with Crippen LogP contribution >= 0.6 is 0 Å². The van der Waals surface area contributed by atoms with E-state index in [9.17, 15) is 4.79 Å². The number of aryl methyl sites for hydroxylation is 2. The third kappa shape index (κ3) is 4.61. The summed E-state index contributed by atoms with van der Waals surface area (Å²) in [4.78, 5) is 33.3. The second-order valence-corrected chi connectivity index (χ2v) is 10.6. The number of imidazole rings is 1. The molecule has 2 aliphatic rings. The van der Waals surface area contributed by atoms with Crippen LogP contribution in [0.2, 0.25) is 0 Å². The van der Waals surface area contributed by atoms with Gasteiger partial charge >= 0.3 is 6.01 Å². The van der Waals surface area contributed by atoms with Crippen LogP contribution in [-0.2, 0) is 11.8 Å². The second-order valence-electron chi connectivity index (χ2n) is 10.6. The molecule has 0 spiro atoms. The molecule has 6 rings (SSSR count). The van der Waals surface area contributed by atoms with Crippen LogP contribution in [0.3, 0.4) is 0 Å². The third-order valence-corrected chi connectivity index (χ3v) is 8.19. The standard InChI is InChI=1S/C30H35N7O2/c1-5-24(38)36-15-17-37(18-16-36)29-26-27(32-30(33-29)39-19-22-12-8-14-34(22)3)31-28(35(26)4)23-13-7-11-21-10-6-9-20(2)25(21)23/h5-7,9-11,13,22H,1,8,12,14-19H2,2-4H3/t22-/m0/s1. The lowest BCUT2D eigenvalue weighted by Crippen LogP contribution is -2.48. The van der Waals surface area contributed by atoms with E-state index < -0.39 is 0 Å². The number of benzene rings is 2. The van der Waals surface area contributed by atoms with Gasteiger partial charge in [0.25, 0.3) is 0 Å². The Morgan fingerprint density at radius 2 is 1.82 bits per heavy atom. The van der Waals surface area contributed by atoms with Crippen LogP contribution in [-0.4, -0.2) is 87.6 Å². The van der Waals surface area contributed by atoms with Crippen LogP contribution in [0.1, 0.15) is 18.4 Å². The summed E-state index contributed by atoms with van der Waals surface area (Å²) in [6.07, 6.45) is 3.67. The highest BCUT2D eigenvalue weighted by Gasteiger charge is 2.27. The Bertz CT molecular complexity index is 1550. The smallest absolute Gasteiger partial charge is 0.320 e. The molecule has 2 aromatic carbocycles. The fraction of sp³-hybridized carbons (Fsp3) is 0.400. The fourth-order valence-electron chi connectivity index (χ4n) is 5.94. The van der Waals surface area contributed by atoms with Gasteiger partial charge in [0, 0.05) is 44.8 Å². The van der Waals surface area contributed by atoms with Gasteiger partial charge in [0.2, 0.25) is 5.91 Å². The first-order valence-electron chi connectivity index (χ1n) is 13.7. The van der Waals surface area contributed by atoms with Crippen molar-refractivity contribution >= 4 is 33.7 Å². The molecule has 4 heterocycles. The van der Waals surface area contributed by atoms with Gasteiger partial charge in [0.1, 0.15) is 17.9 Å². The van der Waals surface area contributed by atoms with Crippen molar-refractivity contribution in [2.75, 3.05) is 51.3 Å². The zero-order chi connectivity index (χ0) is 27.1. The highest BCUT2D eigenvalue weighted by atomic mass is 16.5. The molecule has 1 atom stereocenters. The van der Waals surface area contributed by atoms with Gasteiger partial charge in [-0.15, -0.1) is 0 Å². The lowest BCUT2D eigenvalue weighted by molar-refractivity contribution is -0.126. The number of carbonyl (C=O) groups is 1. The Balaban J connectivity index is 1.44. The number of likely N-dealkylation sites (tertiary alicyclic amines) is 1. The van der Waals surface area contributed by atoms with Crippen LogP contribution in [0, 0.1) is 6.92 Å². The van der Waals surface area contributed by atoms with Gasteiger partial charge in [-0.25, -0.2) is 4.98 Å². The number of nitrogens with zero attached hydrogens (tertiary/aromatic N) is 7. The molecule has 2 aliphatic heterocycles. The van der Waals surface area contributed by atoms with Crippen molar-refractivity contribution in [2.24, 2.45) is 7.05 Å². The summed E-state index contributed by atoms with van der Waals surface area (Å²) in [6.45, 7) is 9.93. The Hall–Kier alpha value is -3.98. The maximum atomic E-state index is 12.2. The summed E-state index contributed by atoms with van der Waals surface area (Å²) in [5, 5.41) is 2.36. The van der Waals surface area contributed by atoms with Crippen molar-refractivity contribution in [3.05, 3.63) is 54.6 Å². The van der Waals surface area contributed by atoms with Crippen molar-refractivity contribution in [3.63, 3.8) is 0 Å². The third-order valence-electron chi connectivity index (χ3n) is 8.19. The fourth-order valence-corrected chi connectivity index (χ4v) is 5.94. The van der Waals surface area contributed by atoms with Crippen molar-refractivity contribution in [1.82, 2.24) is 29.3 Å². The highest BCUT2D eigenvalue weighted by molar-refractivity contribution is 5.99. The normalized spacial score (nSPS) is 18.3. The number of piperazine rings is 1. The lowest BCUT2D eigenvalue weighted by Gasteiger charge is -2.35. The molecular formula is C30H35N7O2. The molecule has 9 nitrogen and oxygen atoms in total. The predicted molar refractivity (Wildman–Crippen MR) is 154 cm³/mol. The molecule has 0 aliphatic carbocycles. The zero-order valence-electron chi connectivity index (χ0n) is 22.9. The Morgan fingerprint density at radius 1 is 1.05 bits per heavy atom. The van der Waals surface area contributed by atoms with E-state index in [1.165, 1.54) is 28.8 Å². The van der Waals surface area contributed by atoms with E-state index in [-0.39, 0.29) is 5.91 Å². The Morgan fingerprint density at radius 3 is 2.54 bits per heavy atom. The first kappa shape index (κ1) is 25.3. The minimum atomic E-state index is -0.0404. The van der Waals surface area contributed by atoms with E-state index in [0.29, 0.717) is 50.5 Å². The molecule has 9 heteroatoms. The van der Waals surface area contributed by atoms with Crippen LogP contribution in [0.4, 0.5) is 5.82 Å². The molecule has 39 heavy (non-hydrogen) atoms. The molecule has 202 valence electrons. The van der Waals surface area contributed by atoms with E-state index in [1.807, 2.05) is 11.9 Å². The summed E-state index contributed by atoms with van der Waals surface area (Å²) in [5.41, 5.74) is 3.74. The van der Waals surface area contributed by atoms with Gasteiger partial charge in [-0.1, -0.05) is 43.0 Å². The molecule has 0 N–H and O–H groups in total. The number of anilines is 1. The van der Waals surface area contributed by atoms with Crippen molar-refractivity contribution < 1.29 is 9.53 Å². The quantitative estimate of drug-likeness (QED) is 0.354. The molecular weight excluding hydrogens is 490 g/mol. The molecule has 0 unspecified atom stereocenters. The molecule has 2 saturated heterocycles. The minimum absolute atomic E-state index is 0.0404. The van der Waals surface area contributed by atoms with E-state index >= 15 is 0 Å². The van der Waals surface area contributed by atoms with Crippen LogP contribution in [0.15, 0.2) is 49.1 Å². The Labute approximate surface area is 228 Å². The summed E-state index contributed by atoms with van der Waals surface area (Å²) in [5.74, 6) is 1.59. The van der Waals surface area contributed by atoms with Crippen LogP contribution in [0.25, 0.3) is 33.3 Å². The molecule has 0 bridgehead atoms. The Kier molecular flexibility index (Phi) is 6.68. The molecule has 2 fully saturated rings. The number of hydrogen-bond acceptors (Lipinski definition) is 7. The van der Waals surface area contributed by atoms with Gasteiger partial charge < -0.3 is 24.0 Å². The van der Waals surface area contributed by atoms with Crippen LogP contribution in [0.5, 0.6) is 6.01 Å². The van der Waals surface area contributed by atoms with Crippen LogP contribution < -0.4 is 9.64 Å². The highest BCUT2D eigenvalue weighted by Crippen LogP contribution is 2.35. The average Bonchev–Trinajstić information content (AvgIpc) is 3.53. The number of ether oxygens (including phenoxy) is 1. The van der Waals surface area contributed by atoms with Gasteiger partial charge in [0.05, 0.1) is 0 Å². The number of likely N-dealkylation sites (N-methyl/N-ethyl adjacent to an activating group) is 1. The number of amides is 1. The van der Waals surface area contributed by atoms with E-state index in [0.717, 1.165) is 35.7 Å². The largest absolute Gasteiger partial charge is 0.462 e. The van der Waals surface area contributed by atoms with E-state index in [1.54, 1.807) is 0 Å². The average molecular weight is 526 g/mol. The van der Waals surface area contributed by atoms with Crippen molar-refractivity contribution in [1.29, 1.82) is 0 Å². The molecule has 1 amide bonds. The second kappa shape index (κ2) is 10.3. The van der Waals surface area contributed by atoms with Crippen molar-refractivity contribution in [3.8, 4) is 17.4 Å². The number of rotatable bonds is 6. The number of hydrogen-bond donors (Lipinski definition) is 0. The monoisotopic (exact) mass is 525 g/mol. The van der Waals surface area contributed by atoms with Gasteiger partial charge in [-0.05, 0) is 55.8 Å². The maximum Gasteiger partial charge on any atom is 0.320 e. The van der Waals surface area contributed by atoms with Gasteiger partial charge in [0.15, 0.2) is 11.5 Å². The lowest BCUT2D eigenvalue weighted by atomic mass is 9.99. The molecule has 2 aromatic heterocycles. The summed E-state index contributed by atoms with van der Waals surface area (Å²) < 4.78 is 8.30. The summed E-state index contributed by atoms with van der Waals surface area (Å²) in [6, 6.07) is 13.4. The first-order chi connectivity index (χ1) is 18.9. The number of aromatic nitrogens is 4.